The third-order valence-corrected chi connectivity index (χ3v) is 5.76. The van der Waals surface area contributed by atoms with E-state index in [9.17, 15) is 0 Å². The lowest BCUT2D eigenvalue weighted by Gasteiger charge is -2.39. The molecule has 1 aromatic carbocycles. The SMILES string of the molecule is Cc1c(Cl)cccc1C(=N)c1ncc(N2CCC(C)(CN)CC2)nc1N. The van der Waals surface area contributed by atoms with Crippen LogP contribution in [0.4, 0.5) is 11.6 Å². The van der Waals surface area contributed by atoms with Gasteiger partial charge in [0.2, 0.25) is 0 Å². The maximum absolute atomic E-state index is 8.47. The number of nitrogen functional groups attached to an aromatic ring is 1. The van der Waals surface area contributed by atoms with Gasteiger partial charge >= 0.3 is 0 Å². The van der Waals surface area contributed by atoms with Gasteiger partial charge in [-0.05, 0) is 43.4 Å². The van der Waals surface area contributed by atoms with Crippen molar-refractivity contribution < 1.29 is 0 Å². The van der Waals surface area contributed by atoms with E-state index in [0.717, 1.165) is 37.3 Å². The summed E-state index contributed by atoms with van der Waals surface area (Å²) in [5.74, 6) is 1.01. The molecule has 6 nitrogen and oxygen atoms in total. The Morgan fingerprint density at radius 1 is 1.35 bits per heavy atom. The van der Waals surface area contributed by atoms with Crippen molar-refractivity contribution in [1.29, 1.82) is 5.41 Å². The predicted octanol–water partition coefficient (Wildman–Crippen LogP) is 3.00. The minimum absolute atomic E-state index is 0.196. The van der Waals surface area contributed by atoms with Crippen LogP contribution in [0.3, 0.4) is 0 Å². The van der Waals surface area contributed by atoms with E-state index in [1.165, 1.54) is 0 Å². The molecule has 5 N–H and O–H groups in total. The molecule has 138 valence electrons. The number of nitrogens with one attached hydrogen (secondary N) is 1. The lowest BCUT2D eigenvalue weighted by molar-refractivity contribution is 0.258. The lowest BCUT2D eigenvalue weighted by atomic mass is 9.80. The Kier molecular flexibility index (Phi) is 5.16. The summed E-state index contributed by atoms with van der Waals surface area (Å²) >= 11 is 6.17. The highest BCUT2D eigenvalue weighted by Crippen LogP contribution is 2.31. The highest BCUT2D eigenvalue weighted by atomic mass is 35.5. The van der Waals surface area contributed by atoms with Gasteiger partial charge in [0.1, 0.15) is 11.5 Å². The second-order valence-electron chi connectivity index (χ2n) is 7.25. The fourth-order valence-corrected chi connectivity index (χ4v) is 3.40. The van der Waals surface area contributed by atoms with Gasteiger partial charge in [-0.3, -0.25) is 5.41 Å². The minimum Gasteiger partial charge on any atom is -0.382 e. The lowest BCUT2D eigenvalue weighted by Crippen LogP contribution is -2.42. The Bertz CT molecular complexity index is 827. The van der Waals surface area contributed by atoms with E-state index in [2.05, 4.69) is 21.8 Å². The van der Waals surface area contributed by atoms with Crippen molar-refractivity contribution in [2.24, 2.45) is 11.1 Å². The number of hydrogen-bond acceptors (Lipinski definition) is 6. The number of halogens is 1. The fourth-order valence-electron chi connectivity index (χ4n) is 3.22. The van der Waals surface area contributed by atoms with Crippen LogP contribution in [0.25, 0.3) is 0 Å². The van der Waals surface area contributed by atoms with Crippen molar-refractivity contribution in [2.75, 3.05) is 30.3 Å². The quantitative estimate of drug-likeness (QED) is 0.715. The molecule has 0 aliphatic carbocycles. The molecule has 0 bridgehead atoms. The van der Waals surface area contributed by atoms with Gasteiger partial charge < -0.3 is 16.4 Å². The van der Waals surface area contributed by atoms with Crippen molar-refractivity contribution in [2.45, 2.75) is 26.7 Å². The Morgan fingerprint density at radius 3 is 2.65 bits per heavy atom. The van der Waals surface area contributed by atoms with Gasteiger partial charge in [-0.15, -0.1) is 0 Å². The molecule has 7 heteroatoms. The van der Waals surface area contributed by atoms with Gasteiger partial charge in [0.15, 0.2) is 5.82 Å². The Labute approximate surface area is 159 Å². The molecule has 0 unspecified atom stereocenters. The molecule has 0 radical (unpaired) electrons. The van der Waals surface area contributed by atoms with Crippen LogP contribution in [-0.4, -0.2) is 35.3 Å². The number of hydrogen-bond donors (Lipinski definition) is 3. The van der Waals surface area contributed by atoms with E-state index in [1.807, 2.05) is 19.1 Å². The number of aromatic nitrogens is 2. The van der Waals surface area contributed by atoms with Crippen LogP contribution in [0.5, 0.6) is 0 Å². The van der Waals surface area contributed by atoms with E-state index in [1.54, 1.807) is 12.3 Å². The standard InChI is InChI=1S/C19H25ClN6/c1-12-13(4-3-5-14(12)20)16(22)17-18(23)25-15(10-24-17)26-8-6-19(2,11-21)7-9-26/h3-5,10,22H,6-9,11,21H2,1-2H3,(H2,23,25). The third-order valence-electron chi connectivity index (χ3n) is 5.35. The summed E-state index contributed by atoms with van der Waals surface area (Å²) in [5.41, 5.74) is 14.4. The van der Waals surface area contributed by atoms with Crippen molar-refractivity contribution >= 4 is 28.9 Å². The van der Waals surface area contributed by atoms with Gasteiger partial charge in [-0.1, -0.05) is 30.7 Å². The van der Waals surface area contributed by atoms with Crippen LogP contribution in [0.2, 0.25) is 5.02 Å². The molecule has 1 fully saturated rings. The number of nitrogens with two attached hydrogens (primary N) is 2. The summed E-state index contributed by atoms with van der Waals surface area (Å²) in [4.78, 5) is 11.1. The van der Waals surface area contributed by atoms with Gasteiger partial charge in [0.25, 0.3) is 0 Å². The third kappa shape index (κ3) is 3.52. The number of rotatable bonds is 4. The molecule has 0 atom stereocenters. The molecule has 26 heavy (non-hydrogen) atoms. The molecular formula is C19H25ClN6. The molecule has 1 aliphatic heterocycles. The molecule has 2 aromatic rings. The van der Waals surface area contributed by atoms with Gasteiger partial charge in [-0.25, -0.2) is 9.97 Å². The first kappa shape index (κ1) is 18.6. The Hall–Kier alpha value is -2.18. The van der Waals surface area contributed by atoms with Crippen LogP contribution in [0, 0.1) is 17.7 Å². The van der Waals surface area contributed by atoms with Crippen molar-refractivity contribution in [3.05, 3.63) is 46.2 Å². The van der Waals surface area contributed by atoms with Crippen LogP contribution >= 0.6 is 11.6 Å². The average Bonchev–Trinajstić information content (AvgIpc) is 2.64. The first-order valence-corrected chi connectivity index (χ1v) is 9.14. The average molecular weight is 373 g/mol. The number of benzene rings is 1. The van der Waals surface area contributed by atoms with Crippen LogP contribution in [0.1, 0.15) is 36.6 Å². The number of piperidine rings is 1. The highest BCUT2D eigenvalue weighted by molar-refractivity contribution is 6.32. The van der Waals surface area contributed by atoms with E-state index < -0.39 is 0 Å². The summed E-state index contributed by atoms with van der Waals surface area (Å²) in [6, 6.07) is 5.47. The summed E-state index contributed by atoms with van der Waals surface area (Å²) < 4.78 is 0. The zero-order valence-corrected chi connectivity index (χ0v) is 16.0. The monoisotopic (exact) mass is 372 g/mol. The van der Waals surface area contributed by atoms with Crippen LogP contribution < -0.4 is 16.4 Å². The second kappa shape index (κ2) is 7.21. The van der Waals surface area contributed by atoms with Gasteiger partial charge in [-0.2, -0.15) is 0 Å². The second-order valence-corrected chi connectivity index (χ2v) is 7.66. The van der Waals surface area contributed by atoms with E-state index >= 15 is 0 Å². The molecule has 0 amide bonds. The number of nitrogens with zero attached hydrogens (tertiary/aromatic N) is 3. The fraction of sp³-hybridized carbons (Fsp3) is 0.421. The summed E-state index contributed by atoms with van der Waals surface area (Å²) in [7, 11) is 0. The number of anilines is 2. The minimum atomic E-state index is 0.196. The molecule has 3 rings (SSSR count). The summed E-state index contributed by atoms with van der Waals surface area (Å²) in [6.07, 6.45) is 3.74. The Balaban J connectivity index is 1.82. The van der Waals surface area contributed by atoms with Gasteiger partial charge in [0.05, 0.1) is 11.9 Å². The molecule has 0 saturated carbocycles. The van der Waals surface area contributed by atoms with E-state index in [-0.39, 0.29) is 16.9 Å². The maximum Gasteiger partial charge on any atom is 0.154 e. The topological polar surface area (TPSA) is 105 Å². The van der Waals surface area contributed by atoms with Crippen molar-refractivity contribution in [1.82, 2.24) is 9.97 Å². The zero-order valence-electron chi connectivity index (χ0n) is 15.2. The maximum atomic E-state index is 8.47. The largest absolute Gasteiger partial charge is 0.382 e. The molecule has 2 heterocycles. The molecular weight excluding hydrogens is 348 g/mol. The van der Waals surface area contributed by atoms with Crippen LogP contribution in [-0.2, 0) is 0 Å². The van der Waals surface area contributed by atoms with Crippen molar-refractivity contribution in [3.63, 3.8) is 0 Å². The Morgan fingerprint density at radius 2 is 2.04 bits per heavy atom. The predicted molar refractivity (Wildman–Crippen MR) is 107 cm³/mol. The van der Waals surface area contributed by atoms with E-state index in [0.29, 0.717) is 22.8 Å². The van der Waals surface area contributed by atoms with E-state index in [4.69, 9.17) is 28.5 Å². The normalized spacial score (nSPS) is 16.5. The highest BCUT2D eigenvalue weighted by Gasteiger charge is 2.29. The zero-order chi connectivity index (χ0) is 18.9. The molecule has 0 spiro atoms. The first-order valence-electron chi connectivity index (χ1n) is 8.76. The molecule has 1 saturated heterocycles. The molecule has 1 aromatic heterocycles. The van der Waals surface area contributed by atoms with Crippen molar-refractivity contribution in [3.8, 4) is 0 Å². The summed E-state index contributed by atoms with van der Waals surface area (Å²) in [6.45, 7) is 6.57. The van der Waals surface area contributed by atoms with Gasteiger partial charge in [0, 0.05) is 23.7 Å². The van der Waals surface area contributed by atoms with Crippen LogP contribution in [0.15, 0.2) is 24.4 Å². The first-order chi connectivity index (χ1) is 12.3. The summed E-state index contributed by atoms with van der Waals surface area (Å²) in [5, 5.41) is 9.09. The molecule has 1 aliphatic rings. The smallest absolute Gasteiger partial charge is 0.154 e.